The van der Waals surface area contributed by atoms with Crippen molar-refractivity contribution in [1.29, 1.82) is 0 Å². The summed E-state index contributed by atoms with van der Waals surface area (Å²) in [5.41, 5.74) is 2.80. The largest absolute Gasteiger partial charge is 0.350 e. The maximum absolute atomic E-state index is 13.7. The number of aromatic nitrogens is 2. The third kappa shape index (κ3) is 2.95. The Balaban J connectivity index is 1.71. The number of hydrogen-bond donors (Lipinski definition) is 3. The minimum Gasteiger partial charge on any atom is -0.350 e. The van der Waals surface area contributed by atoms with Gasteiger partial charge in [-0.3, -0.25) is 14.6 Å². The summed E-state index contributed by atoms with van der Waals surface area (Å²) in [6.45, 7) is 0.299. The van der Waals surface area contributed by atoms with Gasteiger partial charge in [0.25, 0.3) is 5.91 Å². The van der Waals surface area contributed by atoms with Crippen LogP contribution in [0.4, 0.5) is 10.1 Å². The quantitative estimate of drug-likeness (QED) is 0.679. The lowest BCUT2D eigenvalue weighted by Crippen LogP contribution is -2.22. The number of benzene rings is 1. The van der Waals surface area contributed by atoms with E-state index < -0.39 is 5.82 Å². The summed E-state index contributed by atoms with van der Waals surface area (Å²) in [4.78, 5) is 31.7. The first-order valence-corrected chi connectivity index (χ1v) is 8.10. The van der Waals surface area contributed by atoms with Gasteiger partial charge in [-0.15, -0.1) is 0 Å². The first-order valence-electron chi connectivity index (χ1n) is 8.10. The molecule has 1 aliphatic rings. The van der Waals surface area contributed by atoms with Crippen molar-refractivity contribution >= 4 is 34.0 Å². The number of nitrogens with one attached hydrogen (secondary N) is 3. The van der Waals surface area contributed by atoms with Crippen molar-refractivity contribution in [3.63, 3.8) is 0 Å². The number of rotatable bonds is 3. The van der Waals surface area contributed by atoms with Gasteiger partial charge in [-0.2, -0.15) is 0 Å². The smallest absolute Gasteiger partial charge is 0.268 e. The van der Waals surface area contributed by atoms with Crippen molar-refractivity contribution in [3.05, 3.63) is 65.9 Å². The van der Waals surface area contributed by atoms with Gasteiger partial charge in [0.1, 0.15) is 11.5 Å². The number of pyridine rings is 1. The Labute approximate surface area is 148 Å². The Morgan fingerprint density at radius 1 is 1.31 bits per heavy atom. The zero-order chi connectivity index (χ0) is 18.1. The Hall–Kier alpha value is -3.48. The summed E-state index contributed by atoms with van der Waals surface area (Å²) < 4.78 is 13.7. The molecule has 2 aromatic heterocycles. The fraction of sp³-hybridized carbons (Fsp3) is 0.105. The molecule has 130 valence electrons. The van der Waals surface area contributed by atoms with Crippen LogP contribution in [0.25, 0.3) is 16.5 Å². The molecule has 0 radical (unpaired) electrons. The Kier molecular flexibility index (Phi) is 3.96. The third-order valence-corrected chi connectivity index (χ3v) is 4.22. The molecule has 0 saturated heterocycles. The number of fused-ring (bicyclic) bond motifs is 3. The molecular weight excluding hydrogens is 335 g/mol. The highest BCUT2D eigenvalue weighted by atomic mass is 19.1. The molecule has 0 saturated carbocycles. The number of aromatic amines is 1. The lowest BCUT2D eigenvalue weighted by atomic mass is 9.98. The minimum atomic E-state index is -0.400. The molecule has 3 N–H and O–H groups in total. The van der Waals surface area contributed by atoms with Crippen LogP contribution in [0.15, 0.2) is 48.8 Å². The van der Waals surface area contributed by atoms with Gasteiger partial charge in [0.2, 0.25) is 5.91 Å². The summed E-state index contributed by atoms with van der Waals surface area (Å²) in [7, 11) is 0. The van der Waals surface area contributed by atoms with Gasteiger partial charge in [-0.1, -0.05) is 6.08 Å². The zero-order valence-corrected chi connectivity index (χ0v) is 13.7. The molecule has 0 atom stereocenters. The predicted molar refractivity (Wildman–Crippen MR) is 96.1 cm³/mol. The second-order valence-corrected chi connectivity index (χ2v) is 5.97. The normalized spacial score (nSPS) is 13.6. The molecule has 3 heterocycles. The van der Waals surface area contributed by atoms with E-state index in [1.807, 2.05) is 0 Å². The van der Waals surface area contributed by atoms with E-state index in [4.69, 9.17) is 0 Å². The number of halogens is 1. The molecule has 26 heavy (non-hydrogen) atoms. The minimum absolute atomic E-state index is 0.0559. The van der Waals surface area contributed by atoms with Gasteiger partial charge < -0.3 is 15.6 Å². The Morgan fingerprint density at radius 3 is 3.00 bits per heavy atom. The highest BCUT2D eigenvalue weighted by Gasteiger charge is 2.24. The molecule has 7 heteroatoms. The van der Waals surface area contributed by atoms with Gasteiger partial charge in [0.15, 0.2) is 0 Å². The van der Waals surface area contributed by atoms with E-state index >= 15 is 0 Å². The molecule has 1 aromatic carbocycles. The number of carbonyl (C=O) groups excluding carboxylic acids is 2. The molecule has 0 aliphatic carbocycles. The molecule has 2 amide bonds. The number of amides is 2. The number of anilines is 1. The highest BCUT2D eigenvalue weighted by molar-refractivity contribution is 6.10. The van der Waals surface area contributed by atoms with Crippen LogP contribution in [-0.4, -0.2) is 28.3 Å². The van der Waals surface area contributed by atoms with Crippen LogP contribution >= 0.6 is 0 Å². The van der Waals surface area contributed by atoms with Gasteiger partial charge in [0, 0.05) is 29.2 Å². The van der Waals surface area contributed by atoms with Crippen molar-refractivity contribution in [2.24, 2.45) is 0 Å². The van der Waals surface area contributed by atoms with E-state index in [0.717, 1.165) is 0 Å². The fourth-order valence-electron chi connectivity index (χ4n) is 3.10. The van der Waals surface area contributed by atoms with Crippen molar-refractivity contribution in [2.45, 2.75) is 6.42 Å². The number of carbonyl (C=O) groups is 2. The summed E-state index contributed by atoms with van der Waals surface area (Å²) >= 11 is 0. The standard InChI is InChI=1S/C19H15FN4O2/c20-12-3-4-15-14(9-12)17-11(5-7-22-19(26)18(17)24-15)8-16(25)23-13-2-1-6-21-10-13/h1-6,9-10,24H,7-8H2,(H,22,26)(H,23,25). The van der Waals surface area contributed by atoms with Crippen LogP contribution in [-0.2, 0) is 4.79 Å². The van der Waals surface area contributed by atoms with Crippen LogP contribution in [0.2, 0.25) is 0 Å². The van der Waals surface area contributed by atoms with E-state index in [0.29, 0.717) is 40.0 Å². The van der Waals surface area contributed by atoms with Crippen molar-refractivity contribution < 1.29 is 14.0 Å². The number of hydrogen-bond acceptors (Lipinski definition) is 3. The summed E-state index contributed by atoms with van der Waals surface area (Å²) in [5, 5.41) is 6.10. The average molecular weight is 350 g/mol. The predicted octanol–water partition coefficient (Wildman–Crippen LogP) is 2.86. The van der Waals surface area contributed by atoms with E-state index in [9.17, 15) is 14.0 Å². The van der Waals surface area contributed by atoms with Gasteiger partial charge in [0.05, 0.1) is 18.3 Å². The molecule has 0 spiro atoms. The Bertz CT molecular complexity index is 1040. The lowest BCUT2D eigenvalue weighted by molar-refractivity contribution is -0.115. The summed E-state index contributed by atoms with van der Waals surface area (Å²) in [6.07, 6.45) is 5.01. The number of nitrogens with zero attached hydrogens (tertiary/aromatic N) is 1. The Morgan fingerprint density at radius 2 is 2.19 bits per heavy atom. The molecule has 4 rings (SSSR count). The molecule has 6 nitrogen and oxygen atoms in total. The highest BCUT2D eigenvalue weighted by Crippen LogP contribution is 2.32. The van der Waals surface area contributed by atoms with E-state index in [2.05, 4.69) is 20.6 Å². The first kappa shape index (κ1) is 16.0. The second kappa shape index (κ2) is 6.44. The topological polar surface area (TPSA) is 86.9 Å². The first-order chi connectivity index (χ1) is 12.6. The van der Waals surface area contributed by atoms with E-state index in [-0.39, 0.29) is 18.2 Å². The average Bonchev–Trinajstić information content (AvgIpc) is 2.93. The third-order valence-electron chi connectivity index (χ3n) is 4.22. The van der Waals surface area contributed by atoms with Crippen LogP contribution in [0.5, 0.6) is 0 Å². The van der Waals surface area contributed by atoms with Crippen molar-refractivity contribution in [1.82, 2.24) is 15.3 Å². The lowest BCUT2D eigenvalue weighted by Gasteiger charge is -2.08. The maximum atomic E-state index is 13.7. The summed E-state index contributed by atoms with van der Waals surface area (Å²) in [6, 6.07) is 7.75. The van der Waals surface area contributed by atoms with Crippen molar-refractivity contribution in [2.75, 3.05) is 11.9 Å². The SMILES string of the molecule is O=C(CC1=CCNC(=O)c2[nH]c3ccc(F)cc3c21)Nc1cccnc1. The summed E-state index contributed by atoms with van der Waals surface area (Å²) in [5.74, 6) is -0.922. The van der Waals surface area contributed by atoms with Crippen LogP contribution < -0.4 is 10.6 Å². The zero-order valence-electron chi connectivity index (χ0n) is 13.7. The van der Waals surface area contributed by atoms with Gasteiger partial charge in [-0.25, -0.2) is 4.39 Å². The molecule has 3 aromatic rings. The van der Waals surface area contributed by atoms with Crippen molar-refractivity contribution in [3.8, 4) is 0 Å². The maximum Gasteiger partial charge on any atom is 0.268 e. The number of H-pyrrole nitrogens is 1. The molecule has 0 bridgehead atoms. The van der Waals surface area contributed by atoms with Crippen LogP contribution in [0.1, 0.15) is 22.5 Å². The van der Waals surface area contributed by atoms with Crippen LogP contribution in [0.3, 0.4) is 0 Å². The second-order valence-electron chi connectivity index (χ2n) is 5.97. The molecular formula is C19H15FN4O2. The fourth-order valence-corrected chi connectivity index (χ4v) is 3.10. The molecule has 0 unspecified atom stereocenters. The van der Waals surface area contributed by atoms with Gasteiger partial charge >= 0.3 is 0 Å². The van der Waals surface area contributed by atoms with E-state index in [1.54, 1.807) is 36.7 Å². The monoisotopic (exact) mass is 350 g/mol. The molecule has 0 fully saturated rings. The molecule has 1 aliphatic heterocycles. The van der Waals surface area contributed by atoms with Crippen LogP contribution in [0, 0.1) is 5.82 Å². The van der Waals surface area contributed by atoms with Gasteiger partial charge in [-0.05, 0) is 35.9 Å². The van der Waals surface area contributed by atoms with E-state index in [1.165, 1.54) is 12.1 Å².